The maximum absolute atomic E-state index is 13.1. The lowest BCUT2D eigenvalue weighted by Crippen LogP contribution is -2.50. The first kappa shape index (κ1) is 25.3. The lowest BCUT2D eigenvalue weighted by molar-refractivity contribution is -0.140. The fourth-order valence-corrected chi connectivity index (χ4v) is 4.35. The van der Waals surface area contributed by atoms with Gasteiger partial charge in [-0.3, -0.25) is 9.59 Å². The number of carbonyl (C=O) groups excluding carboxylic acids is 2. The van der Waals surface area contributed by atoms with Gasteiger partial charge in [-0.15, -0.1) is 0 Å². The van der Waals surface area contributed by atoms with Gasteiger partial charge in [-0.25, -0.2) is 8.42 Å². The van der Waals surface area contributed by atoms with Gasteiger partial charge in [-0.1, -0.05) is 39.7 Å². The second-order valence-electron chi connectivity index (χ2n) is 6.93. The van der Waals surface area contributed by atoms with Crippen molar-refractivity contribution in [3.63, 3.8) is 0 Å². The van der Waals surface area contributed by atoms with Gasteiger partial charge in [-0.05, 0) is 55.8 Å². The Morgan fingerprint density at radius 3 is 2.23 bits per heavy atom. The van der Waals surface area contributed by atoms with Crippen molar-refractivity contribution in [2.45, 2.75) is 31.3 Å². The van der Waals surface area contributed by atoms with Crippen molar-refractivity contribution < 1.29 is 18.0 Å². The Hall–Kier alpha value is -1.94. The molecule has 0 saturated carbocycles. The van der Waals surface area contributed by atoms with Crippen LogP contribution < -0.4 is 5.32 Å². The van der Waals surface area contributed by atoms with Gasteiger partial charge in [0.25, 0.3) is 0 Å². The van der Waals surface area contributed by atoms with Crippen molar-refractivity contribution in [2.24, 2.45) is 0 Å². The molecule has 2 rings (SSSR count). The summed E-state index contributed by atoms with van der Waals surface area (Å²) >= 11 is 9.20. The molecule has 1 unspecified atom stereocenters. The number of nitrogens with one attached hydrogen (secondary N) is 1. The molecule has 1 atom stereocenters. The number of amides is 2. The van der Waals surface area contributed by atoms with E-state index in [0.29, 0.717) is 11.6 Å². The lowest BCUT2D eigenvalue weighted by Gasteiger charge is -2.30. The lowest BCUT2D eigenvalue weighted by atomic mass is 10.1. The molecule has 2 amide bonds. The van der Waals surface area contributed by atoms with Crippen molar-refractivity contribution in [3.8, 4) is 0 Å². The number of hydrogen-bond acceptors (Lipinski definition) is 4. The Labute approximate surface area is 196 Å². The molecule has 0 fully saturated rings. The second-order valence-corrected chi connectivity index (χ2v) is 10.3. The van der Waals surface area contributed by atoms with E-state index in [0.717, 1.165) is 14.3 Å². The van der Waals surface area contributed by atoms with Crippen LogP contribution in [-0.2, 0) is 26.2 Å². The Morgan fingerprint density at radius 2 is 1.68 bits per heavy atom. The quantitative estimate of drug-likeness (QED) is 0.539. The van der Waals surface area contributed by atoms with Crippen LogP contribution in [0.4, 0.5) is 0 Å². The van der Waals surface area contributed by atoms with Gasteiger partial charge in [0.15, 0.2) is 0 Å². The number of likely N-dealkylation sites (N-methyl/N-ethyl adjacent to an activating group) is 2. The third kappa shape index (κ3) is 6.77. The van der Waals surface area contributed by atoms with E-state index >= 15 is 0 Å². The number of halogens is 2. The summed E-state index contributed by atoms with van der Waals surface area (Å²) in [5.74, 6) is -0.794. The fourth-order valence-electron chi connectivity index (χ4n) is 2.84. The summed E-state index contributed by atoms with van der Waals surface area (Å²) in [5.41, 5.74) is 0.816. The fraction of sp³-hybridized carbons (Fsp3) is 0.333. The topological polar surface area (TPSA) is 86.8 Å². The van der Waals surface area contributed by atoms with Gasteiger partial charge >= 0.3 is 0 Å². The molecule has 0 aromatic heterocycles. The van der Waals surface area contributed by atoms with E-state index < -0.39 is 28.5 Å². The molecule has 1 N–H and O–H groups in total. The molecule has 0 bridgehead atoms. The van der Waals surface area contributed by atoms with Crippen LogP contribution in [0.15, 0.2) is 57.9 Å². The van der Waals surface area contributed by atoms with Crippen molar-refractivity contribution in [2.75, 3.05) is 20.1 Å². The minimum absolute atomic E-state index is 0.0310. The molecule has 2 aromatic carbocycles. The second kappa shape index (κ2) is 11.1. The van der Waals surface area contributed by atoms with Crippen LogP contribution in [-0.4, -0.2) is 55.6 Å². The maximum atomic E-state index is 13.1. The van der Waals surface area contributed by atoms with Gasteiger partial charge in [0.2, 0.25) is 21.8 Å². The highest BCUT2D eigenvalue weighted by molar-refractivity contribution is 9.10. The average molecular weight is 531 g/mol. The normalized spacial score (nSPS) is 12.5. The Bertz CT molecular complexity index is 1010. The Kier molecular flexibility index (Phi) is 9.05. The van der Waals surface area contributed by atoms with Gasteiger partial charge in [0.1, 0.15) is 6.04 Å². The van der Waals surface area contributed by atoms with E-state index in [1.54, 1.807) is 13.8 Å². The first-order valence-corrected chi connectivity index (χ1v) is 12.2. The third-order valence-electron chi connectivity index (χ3n) is 4.66. The molecule has 0 spiro atoms. The first-order valence-electron chi connectivity index (χ1n) is 9.59. The number of benzene rings is 2. The summed E-state index contributed by atoms with van der Waals surface area (Å²) < 4.78 is 27.5. The summed E-state index contributed by atoms with van der Waals surface area (Å²) in [6, 6.07) is 12.3. The zero-order chi connectivity index (χ0) is 23.2. The van der Waals surface area contributed by atoms with Crippen LogP contribution in [0, 0.1) is 0 Å². The Balaban J connectivity index is 2.25. The zero-order valence-electron chi connectivity index (χ0n) is 17.5. The van der Waals surface area contributed by atoms with Crippen LogP contribution in [0.2, 0.25) is 5.02 Å². The molecule has 10 heteroatoms. The van der Waals surface area contributed by atoms with Crippen LogP contribution >= 0.6 is 27.5 Å². The summed E-state index contributed by atoms with van der Waals surface area (Å²) in [6.45, 7) is 3.59. The van der Waals surface area contributed by atoms with Crippen molar-refractivity contribution in [3.05, 3.63) is 63.6 Å². The predicted octanol–water partition coefficient (Wildman–Crippen LogP) is 3.28. The van der Waals surface area contributed by atoms with Gasteiger partial charge in [0.05, 0.1) is 11.4 Å². The monoisotopic (exact) mass is 529 g/mol. The maximum Gasteiger partial charge on any atom is 0.243 e. The molecular formula is C21H25BrClN3O4S. The van der Waals surface area contributed by atoms with Crippen LogP contribution in [0.3, 0.4) is 0 Å². The molecular weight excluding hydrogens is 506 g/mol. The predicted molar refractivity (Wildman–Crippen MR) is 124 cm³/mol. The molecule has 0 aliphatic heterocycles. The van der Waals surface area contributed by atoms with E-state index in [2.05, 4.69) is 21.2 Å². The van der Waals surface area contributed by atoms with Gasteiger partial charge in [0, 0.05) is 29.6 Å². The van der Waals surface area contributed by atoms with Crippen LogP contribution in [0.5, 0.6) is 0 Å². The highest BCUT2D eigenvalue weighted by atomic mass is 79.9. The highest BCUT2D eigenvalue weighted by Crippen LogP contribution is 2.19. The molecule has 0 aliphatic rings. The van der Waals surface area contributed by atoms with E-state index in [4.69, 9.17) is 11.6 Å². The van der Waals surface area contributed by atoms with Gasteiger partial charge in [-0.2, -0.15) is 4.31 Å². The molecule has 0 aliphatic carbocycles. The number of sulfonamides is 1. The minimum atomic E-state index is -3.90. The van der Waals surface area contributed by atoms with Crippen molar-refractivity contribution in [1.29, 1.82) is 0 Å². The minimum Gasteiger partial charge on any atom is -0.355 e. The van der Waals surface area contributed by atoms with E-state index in [9.17, 15) is 18.0 Å². The summed E-state index contributed by atoms with van der Waals surface area (Å²) in [5, 5.41) is 3.12. The highest BCUT2D eigenvalue weighted by Gasteiger charge is 2.30. The molecule has 7 nitrogen and oxygen atoms in total. The molecule has 168 valence electrons. The largest absolute Gasteiger partial charge is 0.355 e. The molecule has 0 heterocycles. The number of nitrogens with zero attached hydrogens (tertiary/aromatic N) is 2. The van der Waals surface area contributed by atoms with Crippen LogP contribution in [0.1, 0.15) is 19.4 Å². The number of hydrogen-bond donors (Lipinski definition) is 1. The molecule has 2 aromatic rings. The van der Waals surface area contributed by atoms with Crippen molar-refractivity contribution in [1.82, 2.24) is 14.5 Å². The smallest absolute Gasteiger partial charge is 0.243 e. The molecule has 0 saturated heterocycles. The summed E-state index contributed by atoms with van der Waals surface area (Å²) in [4.78, 5) is 26.9. The first-order chi connectivity index (χ1) is 14.6. The molecule has 0 radical (unpaired) electrons. The van der Waals surface area contributed by atoms with E-state index in [-0.39, 0.29) is 17.3 Å². The van der Waals surface area contributed by atoms with E-state index in [1.165, 1.54) is 36.2 Å². The van der Waals surface area contributed by atoms with Crippen LogP contribution in [0.25, 0.3) is 0 Å². The SMILES string of the molecule is CCNC(=O)C(C)N(Cc1ccc(Br)cc1)C(=O)CN(C)S(=O)(=O)c1ccc(Cl)cc1. The molecule has 31 heavy (non-hydrogen) atoms. The third-order valence-corrected chi connectivity index (χ3v) is 7.26. The van der Waals surface area contributed by atoms with Gasteiger partial charge < -0.3 is 10.2 Å². The summed E-state index contributed by atoms with van der Waals surface area (Å²) in [7, 11) is -2.57. The number of carbonyl (C=O) groups is 2. The van der Waals surface area contributed by atoms with E-state index in [1.807, 2.05) is 24.3 Å². The number of rotatable bonds is 9. The average Bonchev–Trinajstić information content (AvgIpc) is 2.73. The zero-order valence-corrected chi connectivity index (χ0v) is 20.7. The van der Waals surface area contributed by atoms with Crippen molar-refractivity contribution >= 4 is 49.4 Å². The summed E-state index contributed by atoms with van der Waals surface area (Å²) in [6.07, 6.45) is 0. The standard InChI is InChI=1S/C21H25BrClN3O4S/c1-4-24-21(28)15(2)26(13-16-5-7-17(22)8-6-16)20(27)14-25(3)31(29,30)19-11-9-18(23)10-12-19/h5-12,15H,4,13-14H2,1-3H3,(H,24,28). The Morgan fingerprint density at radius 1 is 1.10 bits per heavy atom.